The number of nitrogens with one attached hydrogen (secondary N) is 1. The van der Waals surface area contributed by atoms with Crippen molar-refractivity contribution in [3.8, 4) is 11.4 Å². The first-order valence-corrected chi connectivity index (χ1v) is 8.68. The van der Waals surface area contributed by atoms with Crippen LogP contribution >= 0.6 is 0 Å². The number of hydrogen-bond acceptors (Lipinski definition) is 7. The van der Waals surface area contributed by atoms with Gasteiger partial charge in [0.25, 0.3) is 5.56 Å². The first kappa shape index (κ1) is 16.9. The second kappa shape index (κ2) is 6.71. The minimum absolute atomic E-state index is 0.141. The van der Waals surface area contributed by atoms with Gasteiger partial charge < -0.3 is 5.32 Å². The molecule has 5 rings (SSSR count). The normalized spacial score (nSPS) is 11.1. The van der Waals surface area contributed by atoms with E-state index in [0.29, 0.717) is 22.6 Å². The fraction of sp³-hybridized carbons (Fsp3) is 0. The van der Waals surface area contributed by atoms with Crippen LogP contribution in [-0.4, -0.2) is 29.5 Å². The van der Waals surface area contributed by atoms with Gasteiger partial charge in [-0.3, -0.25) is 9.78 Å². The Labute approximate surface area is 162 Å². The molecule has 8 nitrogen and oxygen atoms in total. The Morgan fingerprint density at radius 2 is 1.90 bits per heavy atom. The number of fused-ring (bicyclic) bond motifs is 3. The number of anilines is 2. The topological polar surface area (TPSA) is 98.0 Å². The van der Waals surface area contributed by atoms with E-state index < -0.39 is 5.56 Å². The number of halogens is 1. The van der Waals surface area contributed by atoms with Gasteiger partial charge >= 0.3 is 0 Å². The maximum atomic E-state index is 13.7. The molecule has 2 aromatic carbocycles. The summed E-state index contributed by atoms with van der Waals surface area (Å²) in [4.78, 5) is 29.0. The van der Waals surface area contributed by atoms with E-state index in [-0.39, 0.29) is 17.5 Å². The molecule has 3 aromatic heterocycles. The monoisotopic (exact) mass is 385 g/mol. The predicted octanol–water partition coefficient (Wildman–Crippen LogP) is 2.98. The molecule has 1 N–H and O–H groups in total. The Bertz CT molecular complexity index is 1430. The number of para-hydroxylation sites is 1. The number of nitrogens with zero attached hydrogens (tertiary/aromatic N) is 6. The molecule has 0 aliphatic heterocycles. The van der Waals surface area contributed by atoms with Crippen LogP contribution in [0.15, 0.2) is 71.9 Å². The number of benzene rings is 2. The van der Waals surface area contributed by atoms with Crippen LogP contribution in [0.1, 0.15) is 0 Å². The van der Waals surface area contributed by atoms with Gasteiger partial charge in [-0.25, -0.2) is 19.3 Å². The van der Waals surface area contributed by atoms with Crippen molar-refractivity contribution in [2.45, 2.75) is 0 Å². The molecule has 0 aliphatic rings. The minimum Gasteiger partial charge on any atom is -0.318 e. The second-order valence-electron chi connectivity index (χ2n) is 6.18. The van der Waals surface area contributed by atoms with Gasteiger partial charge in [-0.05, 0) is 24.3 Å². The average Bonchev–Trinajstić information content (AvgIpc) is 3.09. The lowest BCUT2D eigenvalue weighted by molar-refractivity contribution is 0.628. The summed E-state index contributed by atoms with van der Waals surface area (Å²) in [5.41, 5.74) is 1.36. The highest BCUT2D eigenvalue weighted by Crippen LogP contribution is 2.25. The third kappa shape index (κ3) is 3.04. The van der Waals surface area contributed by atoms with Crippen LogP contribution in [0.2, 0.25) is 0 Å². The van der Waals surface area contributed by atoms with Crippen molar-refractivity contribution in [2.75, 3.05) is 5.32 Å². The summed E-state index contributed by atoms with van der Waals surface area (Å²) >= 11 is 0. The molecule has 0 amide bonds. The van der Waals surface area contributed by atoms with Gasteiger partial charge in [0.05, 0.1) is 11.7 Å². The number of hydrogen-bond donors (Lipinski definition) is 1. The molecule has 0 aliphatic carbocycles. The molecule has 0 atom stereocenters. The maximum absolute atomic E-state index is 13.7. The van der Waals surface area contributed by atoms with Crippen LogP contribution < -0.4 is 10.9 Å². The highest BCUT2D eigenvalue weighted by Gasteiger charge is 2.15. The quantitative estimate of drug-likeness (QED) is 0.510. The zero-order chi connectivity index (χ0) is 19.8. The van der Waals surface area contributed by atoms with Crippen LogP contribution in [0.4, 0.5) is 16.0 Å². The molecule has 9 heteroatoms. The van der Waals surface area contributed by atoms with E-state index in [1.807, 2.05) is 24.3 Å². The van der Waals surface area contributed by atoms with Crippen molar-refractivity contribution in [3.63, 3.8) is 0 Å². The Hall–Kier alpha value is -4.27. The lowest BCUT2D eigenvalue weighted by Crippen LogP contribution is -2.11. The Morgan fingerprint density at radius 1 is 1.00 bits per heavy atom. The minimum atomic E-state index is -0.490. The SMILES string of the molecule is O=c1nccncc1Nc1nc2ccccc2c2nc(-c3cccc(F)c3)nn12. The van der Waals surface area contributed by atoms with Gasteiger partial charge in [0.1, 0.15) is 11.5 Å². The van der Waals surface area contributed by atoms with E-state index in [1.54, 1.807) is 12.1 Å². The Balaban J connectivity index is 1.76. The first-order chi connectivity index (χ1) is 14.2. The summed E-state index contributed by atoms with van der Waals surface area (Å²) in [6.07, 6.45) is 4.09. The zero-order valence-electron chi connectivity index (χ0n) is 14.8. The van der Waals surface area contributed by atoms with Gasteiger partial charge in [-0.2, -0.15) is 4.52 Å². The molecule has 140 valence electrons. The highest BCUT2D eigenvalue weighted by atomic mass is 19.1. The first-order valence-electron chi connectivity index (χ1n) is 8.68. The predicted molar refractivity (Wildman–Crippen MR) is 105 cm³/mol. The molecule has 0 fully saturated rings. The summed E-state index contributed by atoms with van der Waals surface area (Å²) in [5.74, 6) is 0.219. The lowest BCUT2D eigenvalue weighted by atomic mass is 10.2. The Kier molecular flexibility index (Phi) is 3.91. The van der Waals surface area contributed by atoms with Gasteiger partial charge in [-0.15, -0.1) is 5.10 Å². The van der Waals surface area contributed by atoms with E-state index in [4.69, 9.17) is 0 Å². The van der Waals surface area contributed by atoms with Crippen LogP contribution in [-0.2, 0) is 0 Å². The van der Waals surface area contributed by atoms with Crippen LogP contribution in [0.3, 0.4) is 0 Å². The molecule has 0 unspecified atom stereocenters. The van der Waals surface area contributed by atoms with Crippen molar-refractivity contribution < 1.29 is 4.39 Å². The number of aromatic nitrogens is 6. The Morgan fingerprint density at radius 3 is 2.79 bits per heavy atom. The van der Waals surface area contributed by atoms with Crippen LogP contribution in [0.25, 0.3) is 27.9 Å². The molecule has 3 heterocycles. The lowest BCUT2D eigenvalue weighted by Gasteiger charge is -2.07. The molecule has 0 bridgehead atoms. The molecular formula is C20H12FN7O. The summed E-state index contributed by atoms with van der Waals surface area (Å²) in [6, 6.07) is 13.5. The van der Waals surface area contributed by atoms with Crippen molar-refractivity contribution >= 4 is 28.2 Å². The third-order valence-corrected chi connectivity index (χ3v) is 4.29. The zero-order valence-corrected chi connectivity index (χ0v) is 14.8. The van der Waals surface area contributed by atoms with Crippen molar-refractivity contribution in [1.82, 2.24) is 29.5 Å². The third-order valence-electron chi connectivity index (χ3n) is 4.29. The molecule has 0 spiro atoms. The van der Waals surface area contributed by atoms with E-state index in [2.05, 4.69) is 30.4 Å². The van der Waals surface area contributed by atoms with Crippen molar-refractivity contribution in [2.24, 2.45) is 0 Å². The summed E-state index contributed by atoms with van der Waals surface area (Å²) < 4.78 is 15.2. The molecule has 29 heavy (non-hydrogen) atoms. The van der Waals surface area contributed by atoms with Gasteiger partial charge in [0.2, 0.25) is 5.95 Å². The molecule has 0 saturated carbocycles. The molecule has 5 aromatic rings. The maximum Gasteiger partial charge on any atom is 0.295 e. The second-order valence-corrected chi connectivity index (χ2v) is 6.18. The van der Waals surface area contributed by atoms with Gasteiger partial charge in [0.15, 0.2) is 11.5 Å². The van der Waals surface area contributed by atoms with Crippen LogP contribution in [0.5, 0.6) is 0 Å². The van der Waals surface area contributed by atoms with E-state index in [9.17, 15) is 9.18 Å². The van der Waals surface area contributed by atoms with Crippen LogP contribution in [0, 0.1) is 5.82 Å². The van der Waals surface area contributed by atoms with Crippen molar-refractivity contribution in [1.29, 1.82) is 0 Å². The molecule has 0 saturated heterocycles. The van der Waals surface area contributed by atoms with Gasteiger partial charge in [0, 0.05) is 23.3 Å². The van der Waals surface area contributed by atoms with Crippen molar-refractivity contribution in [3.05, 3.63) is 83.3 Å². The van der Waals surface area contributed by atoms with E-state index in [0.717, 1.165) is 5.39 Å². The highest BCUT2D eigenvalue weighted by molar-refractivity contribution is 5.93. The molecule has 0 radical (unpaired) electrons. The van der Waals surface area contributed by atoms with E-state index >= 15 is 0 Å². The summed E-state index contributed by atoms with van der Waals surface area (Å²) in [7, 11) is 0. The fourth-order valence-electron chi connectivity index (χ4n) is 2.97. The van der Waals surface area contributed by atoms with E-state index in [1.165, 1.54) is 35.2 Å². The largest absolute Gasteiger partial charge is 0.318 e. The standard InChI is InChI=1S/C20H12FN7O/c21-13-5-3-4-12(10-13)17-26-18-14-6-1-2-7-15(14)24-20(28(18)27-17)25-16-11-22-8-9-23-19(16)29/h1-11H,(H,23,24,25,29). The molecular weight excluding hydrogens is 373 g/mol. The smallest absolute Gasteiger partial charge is 0.295 e. The fourth-order valence-corrected chi connectivity index (χ4v) is 2.97. The summed E-state index contributed by atoms with van der Waals surface area (Å²) in [6.45, 7) is 0. The number of rotatable bonds is 3. The summed E-state index contributed by atoms with van der Waals surface area (Å²) in [5, 5.41) is 8.20. The average molecular weight is 385 g/mol. The van der Waals surface area contributed by atoms with Gasteiger partial charge in [-0.1, -0.05) is 24.3 Å².